The van der Waals surface area contributed by atoms with Crippen LogP contribution in [0.5, 0.6) is 0 Å². The Bertz CT molecular complexity index is 1400. The highest BCUT2D eigenvalue weighted by Gasteiger charge is 2.35. The van der Waals surface area contributed by atoms with Crippen LogP contribution >= 0.6 is 0 Å². The van der Waals surface area contributed by atoms with Crippen LogP contribution in [0.3, 0.4) is 0 Å². The average molecular weight is 483 g/mol. The Morgan fingerprint density at radius 2 is 1.89 bits per heavy atom. The molecule has 0 spiro atoms. The van der Waals surface area contributed by atoms with Crippen molar-refractivity contribution in [1.82, 2.24) is 34.7 Å². The van der Waals surface area contributed by atoms with Gasteiger partial charge in [-0.3, -0.25) is 9.69 Å². The minimum Gasteiger partial charge on any atom is -0.340 e. The van der Waals surface area contributed by atoms with Crippen molar-refractivity contribution >= 4 is 28.7 Å². The van der Waals surface area contributed by atoms with E-state index in [1.54, 1.807) is 6.33 Å². The van der Waals surface area contributed by atoms with Gasteiger partial charge in [-0.2, -0.15) is 0 Å². The smallest absolute Gasteiger partial charge is 0.225 e. The molecule has 9 nitrogen and oxygen atoms in total. The number of aromatic amines is 1. The van der Waals surface area contributed by atoms with Gasteiger partial charge in [-0.15, -0.1) is 0 Å². The molecule has 4 heterocycles. The highest BCUT2D eigenvalue weighted by Crippen LogP contribution is 2.32. The number of amides is 1. The van der Waals surface area contributed by atoms with Crippen molar-refractivity contribution in [3.63, 3.8) is 0 Å². The van der Waals surface area contributed by atoms with Gasteiger partial charge < -0.3 is 15.2 Å². The number of hydrogen-bond donors (Lipinski definition) is 2. The van der Waals surface area contributed by atoms with E-state index in [0.29, 0.717) is 17.8 Å². The Labute approximate surface area is 210 Å². The average Bonchev–Trinajstić information content (AvgIpc) is 3.68. The molecule has 2 N–H and O–H groups in total. The summed E-state index contributed by atoms with van der Waals surface area (Å²) in [7, 11) is 0. The predicted molar refractivity (Wildman–Crippen MR) is 139 cm³/mol. The number of aromatic nitrogens is 5. The summed E-state index contributed by atoms with van der Waals surface area (Å²) in [5.41, 5.74) is 5.81. The number of aryl methyl sites for hydroxylation is 1. The van der Waals surface area contributed by atoms with Gasteiger partial charge in [0.1, 0.15) is 12.1 Å². The first-order valence-electron chi connectivity index (χ1n) is 12.6. The van der Waals surface area contributed by atoms with E-state index >= 15 is 0 Å². The van der Waals surface area contributed by atoms with Crippen LogP contribution in [0.4, 0.5) is 11.8 Å². The van der Waals surface area contributed by atoms with Crippen LogP contribution in [-0.2, 0) is 4.79 Å². The van der Waals surface area contributed by atoms with Crippen LogP contribution in [0.1, 0.15) is 37.1 Å². The fourth-order valence-corrected chi connectivity index (χ4v) is 4.87. The Kier molecular flexibility index (Phi) is 5.85. The van der Waals surface area contributed by atoms with Crippen LogP contribution < -0.4 is 5.32 Å². The number of fused-ring (bicyclic) bond motifs is 1. The summed E-state index contributed by atoms with van der Waals surface area (Å²) in [6.45, 7) is 7.58. The number of carbonyl (C=O) groups excluding carboxylic acids is 1. The van der Waals surface area contributed by atoms with E-state index in [9.17, 15) is 4.79 Å². The number of pyridine rings is 1. The fraction of sp³-hybridized carbons (Fsp3) is 0.370. The maximum absolute atomic E-state index is 12.4. The third-order valence-electron chi connectivity index (χ3n) is 7.19. The molecular weight excluding hydrogens is 452 g/mol. The molecule has 2 aliphatic rings. The molecule has 184 valence electrons. The minimum absolute atomic E-state index is 0.237. The van der Waals surface area contributed by atoms with E-state index in [4.69, 9.17) is 0 Å². The zero-order valence-electron chi connectivity index (χ0n) is 20.6. The van der Waals surface area contributed by atoms with E-state index < -0.39 is 0 Å². The monoisotopic (exact) mass is 482 g/mol. The number of hydrogen-bond acceptors (Lipinski definition) is 7. The molecule has 2 fully saturated rings. The number of nitrogens with zero attached hydrogens (tertiary/aromatic N) is 6. The largest absolute Gasteiger partial charge is 0.340 e. The lowest BCUT2D eigenvalue weighted by Gasteiger charge is -2.38. The van der Waals surface area contributed by atoms with Crippen molar-refractivity contribution in [1.29, 1.82) is 0 Å². The Balaban J connectivity index is 1.14. The maximum atomic E-state index is 12.4. The summed E-state index contributed by atoms with van der Waals surface area (Å²) in [5, 5.41) is 3.33. The molecule has 9 heteroatoms. The van der Waals surface area contributed by atoms with E-state index in [-0.39, 0.29) is 6.04 Å². The number of nitrogens with one attached hydrogen (secondary N) is 2. The van der Waals surface area contributed by atoms with Crippen molar-refractivity contribution in [2.45, 2.75) is 32.7 Å². The first kappa shape index (κ1) is 22.6. The number of carbonyl (C=O) groups is 1. The summed E-state index contributed by atoms with van der Waals surface area (Å²) in [5.74, 6) is 2.03. The molecule has 1 unspecified atom stereocenters. The van der Waals surface area contributed by atoms with Crippen molar-refractivity contribution in [2.24, 2.45) is 5.92 Å². The third kappa shape index (κ3) is 4.66. The first-order chi connectivity index (χ1) is 17.5. The highest BCUT2D eigenvalue weighted by atomic mass is 16.2. The van der Waals surface area contributed by atoms with Gasteiger partial charge >= 0.3 is 0 Å². The number of piperazine rings is 1. The lowest BCUT2D eigenvalue weighted by Crippen LogP contribution is -2.49. The minimum atomic E-state index is 0.237. The molecule has 4 aromatic rings. The highest BCUT2D eigenvalue weighted by molar-refractivity contribution is 5.83. The van der Waals surface area contributed by atoms with Crippen LogP contribution in [0, 0.1) is 12.8 Å². The predicted octanol–water partition coefficient (Wildman–Crippen LogP) is 4.08. The number of rotatable bonds is 6. The second-order valence-electron chi connectivity index (χ2n) is 9.77. The molecule has 6 rings (SSSR count). The zero-order chi connectivity index (χ0) is 24.6. The van der Waals surface area contributed by atoms with Gasteiger partial charge in [0.25, 0.3) is 0 Å². The third-order valence-corrected chi connectivity index (χ3v) is 7.19. The summed E-state index contributed by atoms with van der Waals surface area (Å²) in [6, 6.07) is 12.4. The summed E-state index contributed by atoms with van der Waals surface area (Å²) in [6.07, 6.45) is 5.55. The number of anilines is 2. The SMILES string of the molecule is Cc1cc(-c2ccc3nc(Nc4cc(C(C)N5CCN(C(=O)C6CC6)CC5)ccn4)[nH]c3c2)ncn1. The van der Waals surface area contributed by atoms with Crippen molar-refractivity contribution in [2.75, 3.05) is 31.5 Å². The molecule has 1 aliphatic carbocycles. The zero-order valence-corrected chi connectivity index (χ0v) is 20.6. The Morgan fingerprint density at radius 3 is 2.67 bits per heavy atom. The molecule has 1 saturated carbocycles. The van der Waals surface area contributed by atoms with E-state index in [2.05, 4.69) is 60.3 Å². The van der Waals surface area contributed by atoms with E-state index in [1.807, 2.05) is 36.2 Å². The molecule has 0 bridgehead atoms. The molecule has 1 aromatic carbocycles. The summed E-state index contributed by atoms with van der Waals surface area (Å²) < 4.78 is 0. The molecule has 1 atom stereocenters. The van der Waals surface area contributed by atoms with Crippen LogP contribution in [0.25, 0.3) is 22.3 Å². The van der Waals surface area contributed by atoms with Crippen LogP contribution in [0.15, 0.2) is 48.9 Å². The molecule has 1 aliphatic heterocycles. The van der Waals surface area contributed by atoms with Crippen LogP contribution in [-0.4, -0.2) is 66.8 Å². The van der Waals surface area contributed by atoms with Gasteiger partial charge in [0, 0.05) is 55.6 Å². The molecule has 0 radical (unpaired) electrons. The Hall–Kier alpha value is -3.85. The fourth-order valence-electron chi connectivity index (χ4n) is 4.87. The second-order valence-corrected chi connectivity index (χ2v) is 9.77. The van der Waals surface area contributed by atoms with Gasteiger partial charge in [-0.1, -0.05) is 6.07 Å². The summed E-state index contributed by atoms with van der Waals surface area (Å²) >= 11 is 0. The van der Waals surface area contributed by atoms with E-state index in [0.717, 1.165) is 72.8 Å². The molecular formula is C27H30N8O. The van der Waals surface area contributed by atoms with Gasteiger partial charge in [-0.05, 0) is 62.6 Å². The van der Waals surface area contributed by atoms with Crippen molar-refractivity contribution < 1.29 is 4.79 Å². The normalized spacial score (nSPS) is 17.3. The number of benzene rings is 1. The lowest BCUT2D eigenvalue weighted by atomic mass is 10.1. The maximum Gasteiger partial charge on any atom is 0.225 e. The van der Waals surface area contributed by atoms with Crippen molar-refractivity contribution in [3.8, 4) is 11.3 Å². The summed E-state index contributed by atoms with van der Waals surface area (Å²) in [4.78, 5) is 38.0. The molecule has 1 saturated heterocycles. The first-order valence-corrected chi connectivity index (χ1v) is 12.6. The topological polar surface area (TPSA) is 103 Å². The number of H-pyrrole nitrogens is 1. The van der Waals surface area contributed by atoms with E-state index in [1.165, 1.54) is 5.56 Å². The molecule has 3 aromatic heterocycles. The van der Waals surface area contributed by atoms with Gasteiger partial charge in [0.2, 0.25) is 11.9 Å². The van der Waals surface area contributed by atoms with Gasteiger partial charge in [0.05, 0.1) is 16.7 Å². The van der Waals surface area contributed by atoms with Gasteiger partial charge in [0.15, 0.2) is 0 Å². The second kappa shape index (κ2) is 9.31. The van der Waals surface area contributed by atoms with Crippen molar-refractivity contribution in [3.05, 3.63) is 60.2 Å². The molecule has 36 heavy (non-hydrogen) atoms. The quantitative estimate of drug-likeness (QED) is 0.427. The molecule has 1 amide bonds. The standard InChI is InChI=1S/C27H30N8O/c1-17-13-23(30-16-29-17)21-5-6-22-24(14-21)32-27(31-22)33-25-15-20(7-8-28-25)18(2)34-9-11-35(12-10-34)26(36)19-3-4-19/h5-8,13-16,18-19H,3-4,9-12H2,1-2H3,(H2,28,31,32,33). The van der Waals surface area contributed by atoms with Crippen LogP contribution in [0.2, 0.25) is 0 Å². The number of imidazole rings is 1. The lowest BCUT2D eigenvalue weighted by molar-refractivity contribution is -0.134. The van der Waals surface area contributed by atoms with Gasteiger partial charge in [-0.25, -0.2) is 19.9 Å². The Morgan fingerprint density at radius 1 is 1.06 bits per heavy atom.